The Labute approximate surface area is 247 Å². The molecular weight excluding hydrogens is 595 g/mol. The molecule has 2 saturated heterocycles. The molecule has 5 rings (SSSR count). The summed E-state index contributed by atoms with van der Waals surface area (Å²) in [5.74, 6) is -5.57. The number of hydrogen-bond donors (Lipinski definition) is 3. The Morgan fingerprint density at radius 1 is 1.09 bits per heavy atom. The van der Waals surface area contributed by atoms with Gasteiger partial charge >= 0.3 is 12.1 Å². The van der Waals surface area contributed by atoms with Crippen molar-refractivity contribution >= 4 is 15.9 Å². The zero-order valence-corrected chi connectivity index (χ0v) is 24.8. The molecule has 14 heteroatoms. The lowest BCUT2D eigenvalue weighted by atomic mass is 9.86. The van der Waals surface area contributed by atoms with Gasteiger partial charge in [0.05, 0.1) is 17.4 Å². The van der Waals surface area contributed by atoms with Crippen molar-refractivity contribution in [3.8, 4) is 0 Å². The number of aryl methyl sites for hydroxylation is 1. The highest BCUT2D eigenvalue weighted by molar-refractivity contribution is 7.89. The maximum Gasteiger partial charge on any atom is 0.458 e. The molecule has 43 heavy (non-hydrogen) atoms. The Hall–Kier alpha value is -2.65. The second-order valence-electron chi connectivity index (χ2n) is 12.3. The Balaban J connectivity index is 1.30. The summed E-state index contributed by atoms with van der Waals surface area (Å²) < 4.78 is 99.6. The van der Waals surface area contributed by atoms with Crippen LogP contribution in [0.4, 0.5) is 22.0 Å². The lowest BCUT2D eigenvalue weighted by Crippen LogP contribution is -2.55. The van der Waals surface area contributed by atoms with Crippen LogP contribution in [0, 0.1) is 0 Å². The molecule has 2 unspecified atom stereocenters. The van der Waals surface area contributed by atoms with Gasteiger partial charge in [0.2, 0.25) is 15.9 Å². The highest BCUT2D eigenvalue weighted by Crippen LogP contribution is 2.47. The SMILES string of the molecule is CC(C)(C)NCc1ccc2c(c1)CCC[C@H]2NC(=O)CC12OC1NCCN2S(=O)(=O)c1ccc(C(F)(F)C(F)(F)F)cc1. The van der Waals surface area contributed by atoms with E-state index in [2.05, 4.69) is 42.8 Å². The first-order valence-electron chi connectivity index (χ1n) is 14.1. The summed E-state index contributed by atoms with van der Waals surface area (Å²) in [4.78, 5) is 12.8. The first-order chi connectivity index (χ1) is 19.9. The smallest absolute Gasteiger partial charge is 0.349 e. The molecule has 3 atom stereocenters. The fraction of sp³-hybridized carbons (Fsp3) is 0.552. The number of alkyl halides is 5. The van der Waals surface area contributed by atoms with Gasteiger partial charge in [0.15, 0.2) is 12.0 Å². The lowest BCUT2D eigenvalue weighted by Gasteiger charge is -2.33. The van der Waals surface area contributed by atoms with Crippen LogP contribution in [0.1, 0.15) is 68.3 Å². The van der Waals surface area contributed by atoms with Gasteiger partial charge in [-0.1, -0.05) is 30.3 Å². The number of benzene rings is 2. The topological polar surface area (TPSA) is 103 Å². The van der Waals surface area contributed by atoms with Crippen molar-refractivity contribution in [1.29, 1.82) is 0 Å². The van der Waals surface area contributed by atoms with Gasteiger partial charge in [-0.3, -0.25) is 10.1 Å². The fourth-order valence-electron chi connectivity index (χ4n) is 5.69. The standard InChI is InChI=1S/C29H35F5N4O4S/c1-26(2,3)36-17-18-7-12-22-19(15-18)5-4-6-23(22)37-24(39)16-27-25(42-27)35-13-14-38(27)43(40,41)21-10-8-20(9-11-21)28(30,31)29(32,33)34/h7-12,15,23,25,35-36H,4-6,13-14,16-17H2,1-3H3,(H,37,39)/t23-,25?,27?/m1/s1. The zero-order chi connectivity index (χ0) is 31.4. The van der Waals surface area contributed by atoms with Gasteiger partial charge in [0, 0.05) is 30.7 Å². The van der Waals surface area contributed by atoms with Gasteiger partial charge in [0.25, 0.3) is 0 Å². The summed E-state index contributed by atoms with van der Waals surface area (Å²) in [5, 5.41) is 9.50. The Morgan fingerprint density at radius 3 is 2.44 bits per heavy atom. The molecule has 236 valence electrons. The molecule has 2 aliphatic heterocycles. The molecule has 2 heterocycles. The van der Waals surface area contributed by atoms with Crippen molar-refractivity contribution in [3.05, 3.63) is 64.7 Å². The number of fused-ring (bicyclic) bond motifs is 2. The number of hydrogen-bond acceptors (Lipinski definition) is 6. The van der Waals surface area contributed by atoms with E-state index in [0.29, 0.717) is 37.2 Å². The van der Waals surface area contributed by atoms with Crippen LogP contribution in [0.5, 0.6) is 0 Å². The minimum Gasteiger partial charge on any atom is -0.349 e. The molecule has 0 aromatic heterocycles. The van der Waals surface area contributed by atoms with Gasteiger partial charge in [-0.15, -0.1) is 0 Å². The van der Waals surface area contributed by atoms with E-state index in [1.54, 1.807) is 0 Å². The van der Waals surface area contributed by atoms with Gasteiger partial charge in [0.1, 0.15) is 0 Å². The molecule has 1 aliphatic carbocycles. The van der Waals surface area contributed by atoms with E-state index in [0.717, 1.165) is 33.8 Å². The van der Waals surface area contributed by atoms with Crippen LogP contribution in [0.2, 0.25) is 0 Å². The van der Waals surface area contributed by atoms with Crippen LogP contribution in [0.15, 0.2) is 47.4 Å². The van der Waals surface area contributed by atoms with E-state index in [1.165, 1.54) is 0 Å². The maximum absolute atomic E-state index is 13.7. The number of nitrogens with zero attached hydrogens (tertiary/aromatic N) is 1. The summed E-state index contributed by atoms with van der Waals surface area (Å²) >= 11 is 0. The summed E-state index contributed by atoms with van der Waals surface area (Å²) in [7, 11) is -4.42. The average molecular weight is 631 g/mol. The molecule has 0 radical (unpaired) electrons. The second kappa shape index (κ2) is 11.1. The third-order valence-electron chi connectivity index (χ3n) is 8.00. The van der Waals surface area contributed by atoms with Crippen molar-refractivity contribution in [2.24, 2.45) is 0 Å². The first kappa shape index (κ1) is 31.8. The van der Waals surface area contributed by atoms with E-state index < -0.39 is 50.4 Å². The number of carbonyl (C=O) groups excluding carboxylic acids is 1. The summed E-state index contributed by atoms with van der Waals surface area (Å²) in [6.07, 6.45) is -4.47. The van der Waals surface area contributed by atoms with Gasteiger partial charge in [-0.2, -0.15) is 26.3 Å². The van der Waals surface area contributed by atoms with E-state index in [9.17, 15) is 35.2 Å². The normalized spacial score (nSPS) is 24.7. The van der Waals surface area contributed by atoms with Crippen LogP contribution in [-0.4, -0.2) is 55.4 Å². The second-order valence-corrected chi connectivity index (χ2v) is 14.2. The van der Waals surface area contributed by atoms with Gasteiger partial charge in [-0.25, -0.2) is 8.42 Å². The van der Waals surface area contributed by atoms with E-state index in [4.69, 9.17) is 4.74 Å². The summed E-state index contributed by atoms with van der Waals surface area (Å²) in [5.41, 5.74) is 0.334. The number of piperazine rings is 1. The van der Waals surface area contributed by atoms with Crippen LogP contribution < -0.4 is 16.0 Å². The quantitative estimate of drug-likeness (QED) is 0.294. The molecule has 3 aliphatic rings. The largest absolute Gasteiger partial charge is 0.458 e. The summed E-state index contributed by atoms with van der Waals surface area (Å²) in [6.45, 7) is 7.08. The zero-order valence-electron chi connectivity index (χ0n) is 24.0. The third-order valence-corrected chi connectivity index (χ3v) is 9.94. The number of nitrogens with one attached hydrogen (secondary N) is 3. The molecule has 2 aromatic rings. The monoisotopic (exact) mass is 630 g/mol. The van der Waals surface area contributed by atoms with Crippen LogP contribution >= 0.6 is 0 Å². The average Bonchev–Trinajstić information content (AvgIpc) is 3.64. The number of amides is 1. The number of halogens is 5. The minimum absolute atomic E-state index is 0.0326. The van der Waals surface area contributed by atoms with Crippen LogP contribution in [0.25, 0.3) is 0 Å². The molecule has 1 amide bonds. The molecule has 0 bridgehead atoms. The minimum atomic E-state index is -5.83. The molecule has 2 fully saturated rings. The predicted molar refractivity (Wildman–Crippen MR) is 147 cm³/mol. The molecule has 3 N–H and O–H groups in total. The van der Waals surface area contributed by atoms with Crippen molar-refractivity contribution in [2.45, 2.75) is 93.5 Å². The highest BCUT2D eigenvalue weighted by atomic mass is 32.2. The van der Waals surface area contributed by atoms with Crippen molar-refractivity contribution in [1.82, 2.24) is 20.3 Å². The molecule has 0 saturated carbocycles. The Kier molecular flexibility index (Phi) is 8.17. The van der Waals surface area contributed by atoms with E-state index >= 15 is 0 Å². The maximum atomic E-state index is 13.7. The predicted octanol–water partition coefficient (Wildman–Crippen LogP) is 4.46. The number of carbonyl (C=O) groups is 1. The number of epoxide rings is 1. The fourth-order valence-corrected chi connectivity index (χ4v) is 7.37. The molecular formula is C29H35F5N4O4S. The van der Waals surface area contributed by atoms with Crippen molar-refractivity contribution < 1.29 is 39.9 Å². The number of sulfonamides is 1. The van der Waals surface area contributed by atoms with E-state index in [-0.39, 0.29) is 31.1 Å². The summed E-state index contributed by atoms with van der Waals surface area (Å²) in [6, 6.07) is 8.22. The van der Waals surface area contributed by atoms with Crippen LogP contribution in [0.3, 0.4) is 0 Å². The van der Waals surface area contributed by atoms with Gasteiger partial charge in [-0.05, 0) is 68.9 Å². The molecule has 0 spiro atoms. The van der Waals surface area contributed by atoms with Crippen LogP contribution in [-0.2, 0) is 38.4 Å². The lowest BCUT2D eigenvalue weighted by molar-refractivity contribution is -0.289. The van der Waals surface area contributed by atoms with Gasteiger partial charge < -0.3 is 15.4 Å². The number of rotatable bonds is 8. The molecule has 2 aromatic carbocycles. The molecule has 8 nitrogen and oxygen atoms in total. The Morgan fingerprint density at radius 2 is 1.79 bits per heavy atom. The Bertz CT molecular complexity index is 1480. The first-order valence-corrected chi connectivity index (χ1v) is 15.5. The van der Waals surface area contributed by atoms with E-state index in [1.807, 2.05) is 12.1 Å². The number of ether oxygens (including phenoxy) is 1. The van der Waals surface area contributed by atoms with Crippen molar-refractivity contribution in [2.75, 3.05) is 13.1 Å². The highest BCUT2D eigenvalue weighted by Gasteiger charge is 2.67. The van der Waals surface area contributed by atoms with Crippen molar-refractivity contribution in [3.63, 3.8) is 0 Å². The third kappa shape index (κ3) is 6.30.